The Hall–Kier alpha value is -2.09. The summed E-state index contributed by atoms with van der Waals surface area (Å²) in [5, 5.41) is 2.77. The average Bonchev–Trinajstić information content (AvgIpc) is 2.95. The standard InChI is InChI=1S/C18H21N3O3S.ClH/c1-13-8-9-15(12-16(13)21-10-5-11-25(21,23)24)20-18(22)17(19)14-6-3-2-4-7-14;/h2-4,6-9,12,17H,5,10-11,19H2,1H3,(H,20,22);1H. The third-order valence-electron chi connectivity index (χ3n) is 4.29. The minimum atomic E-state index is -3.27. The molecule has 2 aromatic rings. The lowest BCUT2D eigenvalue weighted by Crippen LogP contribution is -2.28. The molecule has 8 heteroatoms. The molecule has 1 atom stereocenters. The van der Waals surface area contributed by atoms with Crippen molar-refractivity contribution < 1.29 is 13.2 Å². The first kappa shape index (κ1) is 20.2. The fourth-order valence-electron chi connectivity index (χ4n) is 2.90. The van der Waals surface area contributed by atoms with E-state index in [9.17, 15) is 13.2 Å². The van der Waals surface area contributed by atoms with Crippen LogP contribution in [0.25, 0.3) is 0 Å². The summed E-state index contributed by atoms with van der Waals surface area (Å²) >= 11 is 0. The molecule has 1 aliphatic heterocycles. The highest BCUT2D eigenvalue weighted by molar-refractivity contribution is 7.93. The number of rotatable bonds is 4. The lowest BCUT2D eigenvalue weighted by atomic mass is 10.1. The molecule has 1 saturated heterocycles. The second-order valence-corrected chi connectivity index (χ2v) is 8.13. The zero-order valence-corrected chi connectivity index (χ0v) is 16.0. The highest BCUT2D eigenvalue weighted by Crippen LogP contribution is 2.30. The van der Waals surface area contributed by atoms with Crippen molar-refractivity contribution in [3.63, 3.8) is 0 Å². The second kappa shape index (κ2) is 8.07. The number of nitrogens with zero attached hydrogens (tertiary/aromatic N) is 1. The van der Waals surface area contributed by atoms with E-state index in [2.05, 4.69) is 5.32 Å². The van der Waals surface area contributed by atoms with Gasteiger partial charge in [0.25, 0.3) is 0 Å². The van der Waals surface area contributed by atoms with Gasteiger partial charge in [0, 0.05) is 12.2 Å². The van der Waals surface area contributed by atoms with E-state index in [-0.39, 0.29) is 24.1 Å². The van der Waals surface area contributed by atoms with Gasteiger partial charge < -0.3 is 11.1 Å². The molecule has 0 saturated carbocycles. The molecule has 0 bridgehead atoms. The molecular weight excluding hydrogens is 374 g/mol. The molecule has 1 fully saturated rings. The zero-order chi connectivity index (χ0) is 18.0. The van der Waals surface area contributed by atoms with Crippen LogP contribution in [-0.2, 0) is 14.8 Å². The maximum Gasteiger partial charge on any atom is 0.245 e. The fourth-order valence-corrected chi connectivity index (χ4v) is 4.52. The smallest absolute Gasteiger partial charge is 0.245 e. The number of amides is 1. The summed E-state index contributed by atoms with van der Waals surface area (Å²) in [4.78, 5) is 12.4. The van der Waals surface area contributed by atoms with Gasteiger partial charge in [-0.05, 0) is 36.6 Å². The lowest BCUT2D eigenvalue weighted by Gasteiger charge is -2.21. The predicted octanol–water partition coefficient (Wildman–Crippen LogP) is 2.60. The summed E-state index contributed by atoms with van der Waals surface area (Å²) in [5.74, 6) is -0.188. The number of carbonyl (C=O) groups is 1. The summed E-state index contributed by atoms with van der Waals surface area (Å²) in [5.41, 5.74) is 8.69. The first-order chi connectivity index (χ1) is 11.9. The van der Waals surface area contributed by atoms with Crippen LogP contribution < -0.4 is 15.4 Å². The molecule has 26 heavy (non-hydrogen) atoms. The van der Waals surface area contributed by atoms with Gasteiger partial charge in [-0.2, -0.15) is 0 Å². The van der Waals surface area contributed by atoms with Gasteiger partial charge in [0.15, 0.2) is 0 Å². The Morgan fingerprint density at radius 2 is 1.88 bits per heavy atom. The predicted molar refractivity (Wildman–Crippen MR) is 106 cm³/mol. The molecule has 1 unspecified atom stereocenters. The first-order valence-electron chi connectivity index (χ1n) is 8.11. The van der Waals surface area contributed by atoms with Gasteiger partial charge in [-0.25, -0.2) is 8.42 Å². The number of carbonyl (C=O) groups excluding carboxylic acids is 1. The van der Waals surface area contributed by atoms with Crippen LogP contribution in [0.5, 0.6) is 0 Å². The third-order valence-corrected chi connectivity index (χ3v) is 6.14. The summed E-state index contributed by atoms with van der Waals surface area (Å²) in [6, 6.07) is 13.5. The Labute approximate surface area is 159 Å². The molecule has 6 nitrogen and oxygen atoms in total. The van der Waals surface area contributed by atoms with Crippen molar-refractivity contribution in [3.8, 4) is 0 Å². The minimum absolute atomic E-state index is 0. The van der Waals surface area contributed by atoms with Crippen molar-refractivity contribution in [2.75, 3.05) is 21.9 Å². The Kier molecular flexibility index (Phi) is 6.28. The molecule has 3 rings (SSSR count). The maximum atomic E-state index is 12.4. The van der Waals surface area contributed by atoms with Crippen LogP contribution in [0.1, 0.15) is 23.6 Å². The van der Waals surface area contributed by atoms with Gasteiger partial charge >= 0.3 is 0 Å². The van der Waals surface area contributed by atoms with E-state index in [1.54, 1.807) is 30.3 Å². The van der Waals surface area contributed by atoms with Gasteiger partial charge in [-0.15, -0.1) is 12.4 Å². The van der Waals surface area contributed by atoms with E-state index in [0.717, 1.165) is 11.1 Å². The van der Waals surface area contributed by atoms with Gasteiger partial charge in [-0.3, -0.25) is 9.10 Å². The third kappa shape index (κ3) is 4.17. The van der Waals surface area contributed by atoms with Crippen molar-refractivity contribution >= 4 is 39.7 Å². The number of sulfonamides is 1. The molecule has 140 valence electrons. The second-order valence-electron chi connectivity index (χ2n) is 6.12. The first-order valence-corrected chi connectivity index (χ1v) is 9.72. The summed E-state index contributed by atoms with van der Waals surface area (Å²) in [6.45, 7) is 2.31. The van der Waals surface area contributed by atoms with Gasteiger partial charge in [0.1, 0.15) is 6.04 Å². The van der Waals surface area contributed by atoms with Crippen molar-refractivity contribution in [3.05, 3.63) is 59.7 Å². The van der Waals surface area contributed by atoms with Crippen LogP contribution in [0.4, 0.5) is 11.4 Å². The highest BCUT2D eigenvalue weighted by Gasteiger charge is 2.29. The van der Waals surface area contributed by atoms with Crippen molar-refractivity contribution in [2.24, 2.45) is 5.73 Å². The average molecular weight is 396 g/mol. The van der Waals surface area contributed by atoms with Crippen molar-refractivity contribution in [1.29, 1.82) is 0 Å². The number of hydrogen-bond donors (Lipinski definition) is 2. The van der Waals surface area contributed by atoms with E-state index in [1.165, 1.54) is 4.31 Å². The minimum Gasteiger partial charge on any atom is -0.324 e. The Bertz CT molecular complexity index is 888. The highest BCUT2D eigenvalue weighted by atomic mass is 35.5. The number of nitrogens with two attached hydrogens (primary N) is 1. The molecule has 1 aliphatic rings. The Balaban J connectivity index is 0.00000243. The summed E-state index contributed by atoms with van der Waals surface area (Å²) in [7, 11) is -3.27. The molecule has 0 spiro atoms. The Morgan fingerprint density at radius 1 is 1.19 bits per heavy atom. The molecule has 0 aliphatic carbocycles. The van der Waals surface area contributed by atoms with Crippen LogP contribution in [0.2, 0.25) is 0 Å². The summed E-state index contributed by atoms with van der Waals surface area (Å²) < 4.78 is 25.7. The maximum absolute atomic E-state index is 12.4. The van der Waals surface area contributed by atoms with E-state index >= 15 is 0 Å². The van der Waals surface area contributed by atoms with Gasteiger partial charge in [-0.1, -0.05) is 36.4 Å². The van der Waals surface area contributed by atoms with E-state index in [1.807, 2.05) is 25.1 Å². The molecule has 1 amide bonds. The number of halogens is 1. The van der Waals surface area contributed by atoms with Crippen LogP contribution in [0.3, 0.4) is 0 Å². The molecule has 2 aromatic carbocycles. The zero-order valence-electron chi connectivity index (χ0n) is 14.4. The molecular formula is C18H22ClN3O3S. The monoisotopic (exact) mass is 395 g/mol. The van der Waals surface area contributed by atoms with Crippen LogP contribution in [-0.4, -0.2) is 26.6 Å². The lowest BCUT2D eigenvalue weighted by molar-refractivity contribution is -0.117. The summed E-state index contributed by atoms with van der Waals surface area (Å²) in [6.07, 6.45) is 0.608. The molecule has 0 radical (unpaired) electrons. The SMILES string of the molecule is Cc1ccc(NC(=O)C(N)c2ccccc2)cc1N1CCCS1(=O)=O.Cl. The van der Waals surface area contributed by atoms with Crippen LogP contribution in [0.15, 0.2) is 48.5 Å². The molecule has 3 N–H and O–H groups in total. The van der Waals surface area contributed by atoms with Crippen LogP contribution >= 0.6 is 12.4 Å². The molecule has 1 heterocycles. The van der Waals surface area contributed by atoms with Crippen molar-refractivity contribution in [2.45, 2.75) is 19.4 Å². The topological polar surface area (TPSA) is 92.5 Å². The van der Waals surface area contributed by atoms with Crippen molar-refractivity contribution in [1.82, 2.24) is 0 Å². The number of hydrogen-bond acceptors (Lipinski definition) is 4. The van der Waals surface area contributed by atoms with Crippen LogP contribution in [0, 0.1) is 6.92 Å². The van der Waals surface area contributed by atoms with E-state index < -0.39 is 16.1 Å². The number of nitrogens with one attached hydrogen (secondary N) is 1. The number of benzene rings is 2. The number of aryl methyl sites for hydroxylation is 1. The Morgan fingerprint density at radius 3 is 2.50 bits per heavy atom. The normalized spacial score (nSPS) is 16.6. The molecule has 0 aromatic heterocycles. The van der Waals surface area contributed by atoms with Gasteiger partial charge in [0.05, 0.1) is 11.4 Å². The quantitative estimate of drug-likeness (QED) is 0.832. The van der Waals surface area contributed by atoms with E-state index in [4.69, 9.17) is 5.73 Å². The fraction of sp³-hybridized carbons (Fsp3) is 0.278. The van der Waals surface area contributed by atoms with Gasteiger partial charge in [0.2, 0.25) is 15.9 Å². The number of anilines is 2. The van der Waals surface area contributed by atoms with E-state index in [0.29, 0.717) is 24.3 Å². The largest absolute Gasteiger partial charge is 0.324 e.